The number of nitrogens with one attached hydrogen (secondary N) is 2. The predicted molar refractivity (Wildman–Crippen MR) is 111 cm³/mol. The molecule has 4 rings (SSSR count). The molecule has 0 spiro atoms. The van der Waals surface area contributed by atoms with Gasteiger partial charge in [-0.25, -0.2) is 4.39 Å². The van der Waals surface area contributed by atoms with Crippen molar-refractivity contribution in [2.75, 3.05) is 12.4 Å². The third-order valence-corrected chi connectivity index (χ3v) is 5.69. The maximum Gasteiger partial charge on any atom is 0.255 e. The molecule has 1 unspecified atom stereocenters. The maximum absolute atomic E-state index is 13.1. The second-order valence-electron chi connectivity index (χ2n) is 7.50. The van der Waals surface area contributed by atoms with E-state index in [0.29, 0.717) is 11.6 Å². The van der Waals surface area contributed by atoms with Gasteiger partial charge in [-0.1, -0.05) is 6.92 Å². The maximum atomic E-state index is 13.1. The number of benzene rings is 2. The highest BCUT2D eigenvalue weighted by Crippen LogP contribution is 2.34. The molecule has 1 atom stereocenters. The number of carbonyl (C=O) groups excluding carboxylic acids is 1. The van der Waals surface area contributed by atoms with Gasteiger partial charge in [-0.3, -0.25) is 4.79 Å². The summed E-state index contributed by atoms with van der Waals surface area (Å²) < 4.78 is 15.5. The smallest absolute Gasteiger partial charge is 0.255 e. The van der Waals surface area contributed by atoms with E-state index < -0.39 is 0 Å². The lowest BCUT2D eigenvalue weighted by molar-refractivity contribution is 0.102. The topological polar surface area (TPSA) is 46.1 Å². The number of anilines is 1. The van der Waals surface area contributed by atoms with E-state index in [1.807, 2.05) is 13.1 Å². The first-order valence-electron chi connectivity index (χ1n) is 9.99. The molecule has 3 aromatic rings. The summed E-state index contributed by atoms with van der Waals surface area (Å²) >= 11 is 0. The second-order valence-corrected chi connectivity index (χ2v) is 7.50. The normalized spacial score (nSPS) is 16.2. The van der Waals surface area contributed by atoms with E-state index in [2.05, 4.69) is 34.3 Å². The lowest BCUT2D eigenvalue weighted by Crippen LogP contribution is -2.31. The van der Waals surface area contributed by atoms with Crippen molar-refractivity contribution in [3.63, 3.8) is 0 Å². The van der Waals surface area contributed by atoms with Crippen LogP contribution in [0.15, 0.2) is 42.5 Å². The molecule has 1 aliphatic rings. The molecule has 0 fully saturated rings. The number of hydrogen-bond donors (Lipinski definition) is 2. The van der Waals surface area contributed by atoms with Gasteiger partial charge in [0.05, 0.1) is 0 Å². The minimum atomic E-state index is -0.346. The Balaban J connectivity index is 1.70. The Morgan fingerprint density at radius 3 is 2.71 bits per heavy atom. The number of likely N-dealkylation sites (N-methyl/N-ethyl adjacent to an activating group) is 1. The third-order valence-electron chi connectivity index (χ3n) is 5.69. The number of hydrogen-bond acceptors (Lipinski definition) is 2. The number of rotatable bonds is 5. The van der Waals surface area contributed by atoms with Crippen molar-refractivity contribution in [3.8, 4) is 0 Å². The standard InChI is InChI=1S/C23H26FN3O/c1-3-12-27-21-10-8-17(25-2)13-19(21)20-14-18(9-11-22(20)27)26-23(28)15-4-6-16(24)7-5-15/h4-7,9,11,14,17,25H,3,8,10,12-13H2,1-2H3,(H,26,28). The monoisotopic (exact) mass is 379 g/mol. The van der Waals surface area contributed by atoms with Crippen LogP contribution in [0.25, 0.3) is 10.9 Å². The number of aryl methyl sites for hydroxylation is 1. The van der Waals surface area contributed by atoms with Crippen LogP contribution in [0.3, 0.4) is 0 Å². The fourth-order valence-corrected chi connectivity index (χ4v) is 4.26. The molecule has 5 heteroatoms. The number of carbonyl (C=O) groups is 1. The van der Waals surface area contributed by atoms with E-state index >= 15 is 0 Å². The van der Waals surface area contributed by atoms with Crippen molar-refractivity contribution < 1.29 is 9.18 Å². The van der Waals surface area contributed by atoms with Crippen LogP contribution in [0.5, 0.6) is 0 Å². The van der Waals surface area contributed by atoms with Gasteiger partial charge in [0, 0.05) is 40.4 Å². The van der Waals surface area contributed by atoms with Crippen molar-refractivity contribution in [1.29, 1.82) is 0 Å². The number of halogens is 1. The molecule has 28 heavy (non-hydrogen) atoms. The zero-order valence-electron chi connectivity index (χ0n) is 16.4. The first-order chi connectivity index (χ1) is 13.6. The van der Waals surface area contributed by atoms with E-state index in [0.717, 1.165) is 37.9 Å². The van der Waals surface area contributed by atoms with Crippen LogP contribution < -0.4 is 10.6 Å². The third kappa shape index (κ3) is 3.42. The fraction of sp³-hybridized carbons (Fsp3) is 0.348. The van der Waals surface area contributed by atoms with Gasteiger partial charge in [0.15, 0.2) is 0 Å². The molecular weight excluding hydrogens is 353 g/mol. The first kappa shape index (κ1) is 18.7. The van der Waals surface area contributed by atoms with Crippen molar-refractivity contribution in [3.05, 3.63) is 65.1 Å². The van der Waals surface area contributed by atoms with Gasteiger partial charge in [0.2, 0.25) is 0 Å². The summed E-state index contributed by atoms with van der Waals surface area (Å²) in [5, 5.41) is 7.59. The highest BCUT2D eigenvalue weighted by atomic mass is 19.1. The molecule has 146 valence electrons. The molecular formula is C23H26FN3O. The minimum absolute atomic E-state index is 0.227. The quantitative estimate of drug-likeness (QED) is 0.685. The molecule has 0 aliphatic heterocycles. The highest BCUT2D eigenvalue weighted by Gasteiger charge is 2.24. The SMILES string of the molecule is CCCn1c2c(c3cc(NC(=O)c4ccc(F)cc4)ccc31)CC(NC)CC2. The van der Waals surface area contributed by atoms with E-state index in [1.165, 1.54) is 46.4 Å². The van der Waals surface area contributed by atoms with Crippen LogP contribution in [0, 0.1) is 5.82 Å². The number of amides is 1. The van der Waals surface area contributed by atoms with Crippen molar-refractivity contribution >= 4 is 22.5 Å². The second kappa shape index (κ2) is 7.76. The zero-order valence-corrected chi connectivity index (χ0v) is 16.4. The van der Waals surface area contributed by atoms with E-state index in [4.69, 9.17) is 0 Å². The molecule has 2 aromatic carbocycles. The highest BCUT2D eigenvalue weighted by molar-refractivity contribution is 6.05. The van der Waals surface area contributed by atoms with Crippen LogP contribution in [0.2, 0.25) is 0 Å². The van der Waals surface area contributed by atoms with Crippen molar-refractivity contribution in [2.45, 2.75) is 45.2 Å². The zero-order chi connectivity index (χ0) is 19.7. The average molecular weight is 379 g/mol. The first-order valence-corrected chi connectivity index (χ1v) is 9.99. The van der Waals surface area contributed by atoms with Crippen LogP contribution in [-0.2, 0) is 19.4 Å². The van der Waals surface area contributed by atoms with E-state index in [-0.39, 0.29) is 11.7 Å². The van der Waals surface area contributed by atoms with Gasteiger partial charge in [-0.2, -0.15) is 0 Å². The molecule has 1 aliphatic carbocycles. The van der Waals surface area contributed by atoms with Crippen LogP contribution in [-0.4, -0.2) is 23.6 Å². The Morgan fingerprint density at radius 2 is 2.00 bits per heavy atom. The molecule has 4 nitrogen and oxygen atoms in total. The van der Waals surface area contributed by atoms with Crippen molar-refractivity contribution in [1.82, 2.24) is 9.88 Å². The Bertz CT molecular complexity index is 1010. The van der Waals surface area contributed by atoms with Crippen LogP contribution in [0.1, 0.15) is 41.4 Å². The van der Waals surface area contributed by atoms with E-state index in [9.17, 15) is 9.18 Å². The number of nitrogens with zero attached hydrogens (tertiary/aromatic N) is 1. The molecule has 0 bridgehead atoms. The van der Waals surface area contributed by atoms with E-state index in [1.54, 1.807) is 0 Å². The summed E-state index contributed by atoms with van der Waals surface area (Å²) in [5.74, 6) is -0.574. The number of aromatic nitrogens is 1. The number of fused-ring (bicyclic) bond motifs is 3. The molecule has 0 saturated heterocycles. The average Bonchev–Trinajstić information content (AvgIpc) is 3.01. The molecule has 2 N–H and O–H groups in total. The summed E-state index contributed by atoms with van der Waals surface area (Å²) in [6.45, 7) is 3.21. The predicted octanol–water partition coefficient (Wildman–Crippen LogP) is 4.52. The molecule has 0 saturated carbocycles. The summed E-state index contributed by atoms with van der Waals surface area (Å²) in [7, 11) is 2.02. The molecule has 1 heterocycles. The van der Waals surface area contributed by atoms with Gasteiger partial charge >= 0.3 is 0 Å². The Kier molecular flexibility index (Phi) is 5.18. The summed E-state index contributed by atoms with van der Waals surface area (Å²) in [6.07, 6.45) is 4.33. The van der Waals surface area contributed by atoms with Gasteiger partial charge in [-0.15, -0.1) is 0 Å². The lowest BCUT2D eigenvalue weighted by Gasteiger charge is -2.23. The largest absolute Gasteiger partial charge is 0.344 e. The molecule has 1 aromatic heterocycles. The van der Waals surface area contributed by atoms with Gasteiger partial charge < -0.3 is 15.2 Å². The Morgan fingerprint density at radius 1 is 1.21 bits per heavy atom. The van der Waals surface area contributed by atoms with Crippen LogP contribution >= 0.6 is 0 Å². The molecule has 0 radical (unpaired) electrons. The van der Waals surface area contributed by atoms with Crippen molar-refractivity contribution in [2.24, 2.45) is 0 Å². The fourth-order valence-electron chi connectivity index (χ4n) is 4.26. The van der Waals surface area contributed by atoms with Gasteiger partial charge in [-0.05, 0) is 80.8 Å². The summed E-state index contributed by atoms with van der Waals surface area (Å²) in [5.41, 5.74) is 5.29. The Hall–Kier alpha value is -2.66. The Labute approximate surface area is 164 Å². The lowest BCUT2D eigenvalue weighted by atomic mass is 9.91. The summed E-state index contributed by atoms with van der Waals surface area (Å²) in [4.78, 5) is 12.5. The summed E-state index contributed by atoms with van der Waals surface area (Å²) in [6, 6.07) is 12.2. The van der Waals surface area contributed by atoms with Gasteiger partial charge in [0.25, 0.3) is 5.91 Å². The minimum Gasteiger partial charge on any atom is -0.344 e. The molecule has 1 amide bonds. The van der Waals surface area contributed by atoms with Gasteiger partial charge in [0.1, 0.15) is 5.82 Å². The van der Waals surface area contributed by atoms with Crippen LogP contribution in [0.4, 0.5) is 10.1 Å².